The number of alkyl halides is 1. The highest BCUT2D eigenvalue weighted by Crippen LogP contribution is 2.07. The predicted molar refractivity (Wildman–Crippen MR) is 56.5 cm³/mol. The van der Waals surface area contributed by atoms with Crippen molar-refractivity contribution in [3.05, 3.63) is 48.0 Å². The molecule has 1 rings (SSSR count). The fourth-order valence-electron chi connectivity index (χ4n) is 0.948. The summed E-state index contributed by atoms with van der Waals surface area (Å²) in [5, 5.41) is 0. The largest absolute Gasteiger partial charge is 0.458 e. The van der Waals surface area contributed by atoms with Gasteiger partial charge >= 0.3 is 5.97 Å². The van der Waals surface area contributed by atoms with Crippen LogP contribution < -0.4 is 0 Å². The summed E-state index contributed by atoms with van der Waals surface area (Å²) in [5.41, 5.74) is 1.51. The summed E-state index contributed by atoms with van der Waals surface area (Å²) in [6.45, 7) is 3.69. The smallest absolute Gasteiger partial charge is 0.338 e. The third-order valence-electron chi connectivity index (χ3n) is 1.68. The van der Waals surface area contributed by atoms with Crippen molar-refractivity contribution in [2.24, 2.45) is 0 Å². The van der Waals surface area contributed by atoms with E-state index in [2.05, 4.69) is 6.58 Å². The zero-order valence-electron chi connectivity index (χ0n) is 7.70. The fraction of sp³-hybridized carbons (Fsp3) is 0.182. The topological polar surface area (TPSA) is 26.3 Å². The van der Waals surface area contributed by atoms with Gasteiger partial charge in [0.15, 0.2) is 0 Å². The monoisotopic (exact) mass is 210 g/mol. The summed E-state index contributed by atoms with van der Waals surface area (Å²) in [7, 11) is 0. The standard InChI is InChI=1S/C11H11ClO2/c1-2-7-14-11(13)10-5-3-9(8-12)4-6-10/h2-6H,1,7-8H2. The van der Waals surface area contributed by atoms with Crippen LogP contribution in [-0.4, -0.2) is 12.6 Å². The van der Waals surface area contributed by atoms with Gasteiger partial charge in [-0.3, -0.25) is 0 Å². The van der Waals surface area contributed by atoms with Gasteiger partial charge in [0.2, 0.25) is 0 Å². The molecule has 0 aliphatic heterocycles. The highest BCUT2D eigenvalue weighted by atomic mass is 35.5. The maximum Gasteiger partial charge on any atom is 0.338 e. The van der Waals surface area contributed by atoms with Crippen molar-refractivity contribution < 1.29 is 9.53 Å². The second kappa shape index (κ2) is 5.45. The molecule has 0 aliphatic carbocycles. The van der Waals surface area contributed by atoms with Crippen LogP contribution in [0.25, 0.3) is 0 Å². The zero-order valence-corrected chi connectivity index (χ0v) is 8.46. The van der Waals surface area contributed by atoms with E-state index in [-0.39, 0.29) is 12.6 Å². The number of carbonyl (C=O) groups excluding carboxylic acids is 1. The minimum Gasteiger partial charge on any atom is -0.458 e. The number of hydrogen-bond acceptors (Lipinski definition) is 2. The second-order valence-corrected chi connectivity index (χ2v) is 2.98. The summed E-state index contributed by atoms with van der Waals surface area (Å²) in [4.78, 5) is 11.3. The Morgan fingerprint density at radius 1 is 1.43 bits per heavy atom. The van der Waals surface area contributed by atoms with E-state index >= 15 is 0 Å². The van der Waals surface area contributed by atoms with Crippen LogP contribution in [-0.2, 0) is 10.6 Å². The van der Waals surface area contributed by atoms with E-state index in [1.165, 1.54) is 6.08 Å². The quantitative estimate of drug-likeness (QED) is 0.434. The highest BCUT2D eigenvalue weighted by molar-refractivity contribution is 6.17. The van der Waals surface area contributed by atoms with E-state index in [0.29, 0.717) is 11.4 Å². The Hall–Kier alpha value is -1.28. The lowest BCUT2D eigenvalue weighted by Gasteiger charge is -2.02. The Balaban J connectivity index is 2.66. The molecule has 0 radical (unpaired) electrons. The van der Waals surface area contributed by atoms with Crippen LogP contribution in [0.4, 0.5) is 0 Å². The zero-order chi connectivity index (χ0) is 10.4. The van der Waals surface area contributed by atoms with Crippen molar-refractivity contribution in [3.8, 4) is 0 Å². The lowest BCUT2D eigenvalue weighted by Crippen LogP contribution is -2.04. The van der Waals surface area contributed by atoms with E-state index in [1.807, 2.05) is 0 Å². The number of esters is 1. The molecule has 0 amide bonds. The number of benzene rings is 1. The van der Waals surface area contributed by atoms with Crippen LogP contribution in [0, 0.1) is 0 Å². The Kier molecular flexibility index (Phi) is 4.20. The summed E-state index contributed by atoms with van der Waals surface area (Å²) in [5.74, 6) is 0.105. The van der Waals surface area contributed by atoms with Gasteiger partial charge in [-0.15, -0.1) is 11.6 Å². The second-order valence-electron chi connectivity index (χ2n) is 2.72. The summed E-state index contributed by atoms with van der Waals surface area (Å²) >= 11 is 5.61. The number of hydrogen-bond donors (Lipinski definition) is 0. The van der Waals surface area contributed by atoms with Crippen molar-refractivity contribution in [1.82, 2.24) is 0 Å². The molecule has 0 aliphatic rings. The molecule has 0 saturated carbocycles. The summed E-state index contributed by atoms with van der Waals surface area (Å²) in [6, 6.07) is 7.00. The first-order valence-electron chi connectivity index (χ1n) is 4.21. The SMILES string of the molecule is C=CCOC(=O)c1ccc(CCl)cc1. The van der Waals surface area contributed by atoms with E-state index in [9.17, 15) is 4.79 Å². The molecule has 0 unspecified atom stereocenters. The molecule has 3 heteroatoms. The molecule has 2 nitrogen and oxygen atoms in total. The van der Waals surface area contributed by atoms with E-state index < -0.39 is 0 Å². The van der Waals surface area contributed by atoms with Gasteiger partial charge in [-0.2, -0.15) is 0 Å². The minimum atomic E-state index is -0.342. The Bertz CT molecular complexity index is 317. The van der Waals surface area contributed by atoms with Gasteiger partial charge in [-0.25, -0.2) is 4.79 Å². The molecular formula is C11H11ClO2. The molecule has 1 aromatic rings. The first-order chi connectivity index (χ1) is 6.77. The molecule has 14 heavy (non-hydrogen) atoms. The Morgan fingerprint density at radius 3 is 2.57 bits per heavy atom. The third kappa shape index (κ3) is 2.89. The lowest BCUT2D eigenvalue weighted by atomic mass is 10.1. The first kappa shape index (κ1) is 10.8. The van der Waals surface area contributed by atoms with Crippen molar-refractivity contribution in [2.45, 2.75) is 5.88 Å². The predicted octanol–water partition coefficient (Wildman–Crippen LogP) is 2.77. The van der Waals surface area contributed by atoms with Crippen molar-refractivity contribution in [1.29, 1.82) is 0 Å². The fourth-order valence-corrected chi connectivity index (χ4v) is 1.13. The van der Waals surface area contributed by atoms with Crippen LogP contribution >= 0.6 is 11.6 Å². The van der Waals surface area contributed by atoms with Gasteiger partial charge < -0.3 is 4.74 Å². The highest BCUT2D eigenvalue weighted by Gasteiger charge is 2.04. The van der Waals surface area contributed by atoms with Crippen molar-refractivity contribution in [3.63, 3.8) is 0 Å². The van der Waals surface area contributed by atoms with Gasteiger partial charge in [0.1, 0.15) is 6.61 Å². The Labute approximate surface area is 88.1 Å². The van der Waals surface area contributed by atoms with E-state index in [1.54, 1.807) is 24.3 Å². The molecule has 0 bridgehead atoms. The molecule has 0 fully saturated rings. The lowest BCUT2D eigenvalue weighted by molar-refractivity contribution is 0.0550. The van der Waals surface area contributed by atoms with Gasteiger partial charge in [0.05, 0.1) is 5.56 Å². The summed E-state index contributed by atoms with van der Waals surface area (Å²) in [6.07, 6.45) is 1.53. The van der Waals surface area contributed by atoms with Crippen LogP contribution in [0.5, 0.6) is 0 Å². The first-order valence-corrected chi connectivity index (χ1v) is 4.74. The molecule has 0 saturated heterocycles. The molecular weight excluding hydrogens is 200 g/mol. The van der Waals surface area contributed by atoms with Crippen molar-refractivity contribution in [2.75, 3.05) is 6.61 Å². The third-order valence-corrected chi connectivity index (χ3v) is 1.98. The van der Waals surface area contributed by atoms with Gasteiger partial charge in [0, 0.05) is 5.88 Å². The van der Waals surface area contributed by atoms with Gasteiger partial charge in [-0.05, 0) is 17.7 Å². The molecule has 0 spiro atoms. The van der Waals surface area contributed by atoms with Crippen molar-refractivity contribution >= 4 is 17.6 Å². The average molecular weight is 211 g/mol. The molecule has 0 atom stereocenters. The van der Waals surface area contributed by atoms with Crippen LogP contribution in [0.15, 0.2) is 36.9 Å². The maximum atomic E-state index is 11.3. The normalized spacial score (nSPS) is 9.50. The number of ether oxygens (including phenoxy) is 1. The maximum absolute atomic E-state index is 11.3. The molecule has 74 valence electrons. The average Bonchev–Trinajstić information content (AvgIpc) is 2.26. The number of halogens is 1. The number of rotatable bonds is 4. The summed E-state index contributed by atoms with van der Waals surface area (Å²) < 4.78 is 4.86. The van der Waals surface area contributed by atoms with E-state index in [4.69, 9.17) is 16.3 Å². The van der Waals surface area contributed by atoms with Crippen LogP contribution in [0.2, 0.25) is 0 Å². The molecule has 1 aromatic carbocycles. The number of carbonyl (C=O) groups is 1. The van der Waals surface area contributed by atoms with Gasteiger partial charge in [-0.1, -0.05) is 24.8 Å². The minimum absolute atomic E-state index is 0.232. The Morgan fingerprint density at radius 2 is 2.07 bits per heavy atom. The van der Waals surface area contributed by atoms with Crippen LogP contribution in [0.3, 0.4) is 0 Å². The van der Waals surface area contributed by atoms with E-state index in [0.717, 1.165) is 5.56 Å². The molecule has 0 N–H and O–H groups in total. The molecule has 0 heterocycles. The van der Waals surface area contributed by atoms with Crippen LogP contribution in [0.1, 0.15) is 15.9 Å². The molecule has 0 aromatic heterocycles. The van der Waals surface area contributed by atoms with Gasteiger partial charge in [0.25, 0.3) is 0 Å².